The van der Waals surface area contributed by atoms with E-state index in [1.54, 1.807) is 30.0 Å². The average Bonchev–Trinajstić information content (AvgIpc) is 2.54. The summed E-state index contributed by atoms with van der Waals surface area (Å²) in [7, 11) is 0. The van der Waals surface area contributed by atoms with Crippen molar-refractivity contribution in [2.75, 3.05) is 19.7 Å². The predicted octanol–water partition coefficient (Wildman–Crippen LogP) is 1.50. The summed E-state index contributed by atoms with van der Waals surface area (Å²) in [4.78, 5) is 24.9. The van der Waals surface area contributed by atoms with Gasteiger partial charge in [0.2, 0.25) is 5.91 Å². The Kier molecular flexibility index (Phi) is 5.78. The lowest BCUT2D eigenvalue weighted by atomic mass is 9.96. The molecule has 1 aliphatic heterocycles. The molecule has 0 aliphatic carbocycles. The molecule has 0 bridgehead atoms. The Morgan fingerprint density at radius 3 is 2.65 bits per heavy atom. The summed E-state index contributed by atoms with van der Waals surface area (Å²) in [6.07, 6.45) is 1.17. The van der Waals surface area contributed by atoms with Crippen molar-refractivity contribution in [1.29, 1.82) is 0 Å². The number of hydrogen-bond donors (Lipinski definition) is 2. The molecule has 1 saturated heterocycles. The first-order chi connectivity index (χ1) is 11.0. The summed E-state index contributed by atoms with van der Waals surface area (Å²) in [5.41, 5.74) is 5.27. The van der Waals surface area contributed by atoms with Gasteiger partial charge in [-0.05, 0) is 31.9 Å². The highest BCUT2D eigenvalue weighted by Crippen LogP contribution is 2.17. The van der Waals surface area contributed by atoms with Gasteiger partial charge >= 0.3 is 6.03 Å². The van der Waals surface area contributed by atoms with Gasteiger partial charge in [-0.25, -0.2) is 9.18 Å². The monoisotopic (exact) mass is 323 g/mol. The molecule has 0 radical (unpaired) electrons. The third kappa shape index (κ3) is 4.84. The molecule has 23 heavy (non-hydrogen) atoms. The molecule has 1 fully saturated rings. The Morgan fingerprint density at radius 1 is 1.39 bits per heavy atom. The van der Waals surface area contributed by atoms with Crippen LogP contribution in [0.15, 0.2) is 24.3 Å². The number of likely N-dealkylation sites (tertiary alicyclic amines) is 1. The maximum Gasteiger partial charge on any atom is 0.317 e. The molecule has 2 rings (SSSR count). The summed E-state index contributed by atoms with van der Waals surface area (Å²) in [6, 6.07) is 5.65. The molecule has 1 heterocycles. The topological polar surface area (TPSA) is 84.7 Å². The van der Waals surface area contributed by atoms with E-state index in [0.29, 0.717) is 25.9 Å². The molecule has 0 spiro atoms. The highest BCUT2D eigenvalue weighted by atomic mass is 19.1. The number of halogens is 1. The zero-order chi connectivity index (χ0) is 16.8. The number of hydrogen-bond acceptors (Lipinski definition) is 3. The lowest BCUT2D eigenvalue weighted by Crippen LogP contribution is -2.49. The van der Waals surface area contributed by atoms with Crippen LogP contribution in [-0.4, -0.2) is 42.6 Å². The van der Waals surface area contributed by atoms with Crippen LogP contribution in [0.1, 0.15) is 19.8 Å². The van der Waals surface area contributed by atoms with Gasteiger partial charge in [0, 0.05) is 19.0 Å². The number of carbonyl (C=O) groups is 2. The number of rotatable bonds is 5. The van der Waals surface area contributed by atoms with E-state index in [2.05, 4.69) is 5.32 Å². The first-order valence-corrected chi connectivity index (χ1v) is 7.69. The molecule has 7 heteroatoms. The zero-order valence-electron chi connectivity index (χ0n) is 13.1. The van der Waals surface area contributed by atoms with Gasteiger partial charge in [-0.3, -0.25) is 4.79 Å². The van der Waals surface area contributed by atoms with Gasteiger partial charge in [-0.15, -0.1) is 0 Å². The van der Waals surface area contributed by atoms with Crippen LogP contribution in [0.25, 0.3) is 0 Å². The minimum Gasteiger partial charge on any atom is -0.488 e. The quantitative estimate of drug-likeness (QED) is 0.861. The Morgan fingerprint density at radius 2 is 2.04 bits per heavy atom. The maximum absolute atomic E-state index is 13.4. The molecule has 0 unspecified atom stereocenters. The Balaban J connectivity index is 1.75. The number of urea groups is 1. The van der Waals surface area contributed by atoms with Gasteiger partial charge in [0.1, 0.15) is 6.61 Å². The number of piperidine rings is 1. The van der Waals surface area contributed by atoms with Crippen LogP contribution >= 0.6 is 0 Å². The lowest BCUT2D eigenvalue weighted by molar-refractivity contribution is -0.123. The number of amides is 3. The number of nitrogens with zero attached hydrogens (tertiary/aromatic N) is 1. The molecule has 3 amide bonds. The molecular weight excluding hydrogens is 301 g/mol. The molecule has 1 aromatic rings. The SMILES string of the molecule is C[C@H](COc1ccccc1F)NC(=O)N1CCC(C(N)=O)CC1. The van der Waals surface area contributed by atoms with Crippen molar-refractivity contribution < 1.29 is 18.7 Å². The number of carbonyl (C=O) groups excluding carboxylic acids is 2. The summed E-state index contributed by atoms with van der Waals surface area (Å²) < 4.78 is 18.8. The molecule has 1 aliphatic rings. The van der Waals surface area contributed by atoms with Gasteiger partial charge in [0.05, 0.1) is 6.04 Å². The van der Waals surface area contributed by atoms with Crippen molar-refractivity contribution in [3.05, 3.63) is 30.1 Å². The second kappa shape index (κ2) is 7.80. The third-order valence-electron chi connectivity index (χ3n) is 3.88. The second-order valence-electron chi connectivity index (χ2n) is 5.76. The van der Waals surface area contributed by atoms with E-state index in [-0.39, 0.29) is 36.3 Å². The van der Waals surface area contributed by atoms with Crippen LogP contribution in [0, 0.1) is 11.7 Å². The van der Waals surface area contributed by atoms with Gasteiger partial charge < -0.3 is 20.7 Å². The van der Waals surface area contributed by atoms with Gasteiger partial charge in [0.25, 0.3) is 0 Å². The van der Waals surface area contributed by atoms with E-state index < -0.39 is 5.82 Å². The standard InChI is InChI=1S/C16H22FN3O3/c1-11(10-23-14-5-3-2-4-13(14)17)19-16(22)20-8-6-12(7-9-20)15(18)21/h2-5,11-12H,6-10H2,1H3,(H2,18,21)(H,19,22)/t11-/m1/s1. The molecule has 126 valence electrons. The number of nitrogens with one attached hydrogen (secondary N) is 1. The largest absolute Gasteiger partial charge is 0.488 e. The first kappa shape index (κ1) is 17.1. The van der Waals surface area contributed by atoms with Gasteiger partial charge in [-0.2, -0.15) is 0 Å². The van der Waals surface area contributed by atoms with Crippen LogP contribution in [0.4, 0.5) is 9.18 Å². The maximum atomic E-state index is 13.4. The molecule has 0 saturated carbocycles. The fourth-order valence-electron chi connectivity index (χ4n) is 2.49. The Bertz CT molecular complexity index is 559. The van der Waals surface area contributed by atoms with Gasteiger partial charge in [0.15, 0.2) is 11.6 Å². The first-order valence-electron chi connectivity index (χ1n) is 7.69. The van der Waals surface area contributed by atoms with Crippen molar-refractivity contribution >= 4 is 11.9 Å². The van der Waals surface area contributed by atoms with Crippen molar-refractivity contribution in [2.24, 2.45) is 11.7 Å². The van der Waals surface area contributed by atoms with E-state index in [1.807, 2.05) is 0 Å². The highest BCUT2D eigenvalue weighted by Gasteiger charge is 2.26. The molecule has 1 atom stereocenters. The van der Waals surface area contributed by atoms with Crippen molar-refractivity contribution in [3.63, 3.8) is 0 Å². The normalized spacial score (nSPS) is 16.7. The van der Waals surface area contributed by atoms with E-state index in [0.717, 1.165) is 0 Å². The van der Waals surface area contributed by atoms with Crippen LogP contribution < -0.4 is 15.8 Å². The van der Waals surface area contributed by atoms with E-state index >= 15 is 0 Å². The minimum atomic E-state index is -0.431. The fraction of sp³-hybridized carbons (Fsp3) is 0.500. The molecular formula is C16H22FN3O3. The predicted molar refractivity (Wildman–Crippen MR) is 83.4 cm³/mol. The summed E-state index contributed by atoms with van der Waals surface area (Å²) in [6.45, 7) is 2.96. The number of benzene rings is 1. The van der Waals surface area contributed by atoms with Crippen molar-refractivity contribution in [1.82, 2.24) is 10.2 Å². The van der Waals surface area contributed by atoms with Crippen molar-refractivity contribution in [3.8, 4) is 5.75 Å². The Labute approximate surface area is 134 Å². The second-order valence-corrected chi connectivity index (χ2v) is 5.76. The van der Waals surface area contributed by atoms with Gasteiger partial charge in [-0.1, -0.05) is 12.1 Å². The number of ether oxygens (including phenoxy) is 1. The minimum absolute atomic E-state index is 0.152. The van der Waals surface area contributed by atoms with Crippen LogP contribution in [-0.2, 0) is 4.79 Å². The summed E-state index contributed by atoms with van der Waals surface area (Å²) in [5, 5.41) is 2.81. The molecule has 3 N–H and O–H groups in total. The van der Waals surface area contributed by atoms with Crippen LogP contribution in [0.2, 0.25) is 0 Å². The lowest BCUT2D eigenvalue weighted by Gasteiger charge is -2.31. The fourth-order valence-corrected chi connectivity index (χ4v) is 2.49. The zero-order valence-corrected chi connectivity index (χ0v) is 13.1. The average molecular weight is 323 g/mol. The third-order valence-corrected chi connectivity index (χ3v) is 3.88. The molecule has 6 nitrogen and oxygen atoms in total. The molecule has 0 aromatic heterocycles. The van der Waals surface area contributed by atoms with E-state index in [9.17, 15) is 14.0 Å². The number of primary amides is 1. The van der Waals surface area contributed by atoms with Crippen LogP contribution in [0.5, 0.6) is 5.75 Å². The number of nitrogens with two attached hydrogens (primary N) is 1. The van der Waals surface area contributed by atoms with Crippen molar-refractivity contribution in [2.45, 2.75) is 25.8 Å². The summed E-state index contributed by atoms with van der Waals surface area (Å²) >= 11 is 0. The number of para-hydroxylation sites is 1. The van der Waals surface area contributed by atoms with E-state index in [4.69, 9.17) is 10.5 Å². The van der Waals surface area contributed by atoms with Crippen LogP contribution in [0.3, 0.4) is 0 Å². The Hall–Kier alpha value is -2.31. The highest BCUT2D eigenvalue weighted by molar-refractivity contribution is 5.78. The summed E-state index contributed by atoms with van der Waals surface area (Å²) in [5.74, 6) is -0.729. The van der Waals surface area contributed by atoms with E-state index in [1.165, 1.54) is 6.07 Å². The molecule has 1 aromatic carbocycles. The smallest absolute Gasteiger partial charge is 0.317 e.